The molecule has 2 rings (SSSR count). The lowest BCUT2D eigenvalue weighted by molar-refractivity contribution is -0.124. The maximum atomic E-state index is 11.9. The van der Waals surface area contributed by atoms with Crippen LogP contribution in [-0.2, 0) is 16.0 Å². The van der Waals surface area contributed by atoms with Crippen molar-refractivity contribution in [3.8, 4) is 0 Å². The molecule has 26 heavy (non-hydrogen) atoms. The maximum Gasteiger partial charge on any atom is 0.240 e. The standard InChI is InChI=1S/C20H22BrN3O2/c1-15(7-8-16-5-3-2-4-6-16)23-24-20(26)14-13-19(25)22-18-11-9-17(21)10-12-18/h2-6,9-12H,7-8,13-14H2,1H3,(H,22,25)(H,24,26)/b23-15+. The van der Waals surface area contributed by atoms with Crippen LogP contribution in [0.25, 0.3) is 0 Å². The predicted octanol–water partition coefficient (Wildman–Crippen LogP) is 4.29. The lowest BCUT2D eigenvalue weighted by Crippen LogP contribution is -2.21. The van der Waals surface area contributed by atoms with Gasteiger partial charge in [-0.3, -0.25) is 9.59 Å². The van der Waals surface area contributed by atoms with Gasteiger partial charge >= 0.3 is 0 Å². The second kappa shape index (κ2) is 10.5. The Morgan fingerprint density at radius 1 is 0.923 bits per heavy atom. The summed E-state index contributed by atoms with van der Waals surface area (Å²) < 4.78 is 0.940. The fourth-order valence-electron chi connectivity index (χ4n) is 2.22. The van der Waals surface area contributed by atoms with Gasteiger partial charge in [-0.2, -0.15) is 5.10 Å². The summed E-state index contributed by atoms with van der Waals surface area (Å²) in [6.45, 7) is 1.88. The van der Waals surface area contributed by atoms with Gasteiger partial charge in [0.15, 0.2) is 0 Å². The number of benzene rings is 2. The maximum absolute atomic E-state index is 11.9. The largest absolute Gasteiger partial charge is 0.326 e. The van der Waals surface area contributed by atoms with Gasteiger partial charge < -0.3 is 5.32 Å². The Bertz CT molecular complexity index is 758. The molecule has 0 bridgehead atoms. The highest BCUT2D eigenvalue weighted by Crippen LogP contribution is 2.14. The summed E-state index contributed by atoms with van der Waals surface area (Å²) in [6, 6.07) is 17.4. The van der Waals surface area contributed by atoms with Gasteiger partial charge in [-0.25, -0.2) is 5.43 Å². The van der Waals surface area contributed by atoms with Crippen molar-refractivity contribution in [1.29, 1.82) is 0 Å². The molecule has 2 aromatic carbocycles. The van der Waals surface area contributed by atoms with E-state index < -0.39 is 0 Å². The van der Waals surface area contributed by atoms with E-state index in [0.29, 0.717) is 5.69 Å². The van der Waals surface area contributed by atoms with Gasteiger partial charge in [-0.15, -0.1) is 0 Å². The molecule has 0 saturated carbocycles. The van der Waals surface area contributed by atoms with Crippen molar-refractivity contribution in [2.45, 2.75) is 32.6 Å². The van der Waals surface area contributed by atoms with Crippen LogP contribution in [0.4, 0.5) is 5.69 Å². The van der Waals surface area contributed by atoms with Crippen molar-refractivity contribution in [2.75, 3.05) is 5.32 Å². The summed E-state index contributed by atoms with van der Waals surface area (Å²) in [5.74, 6) is -0.470. The van der Waals surface area contributed by atoms with Gasteiger partial charge in [0, 0.05) is 28.7 Å². The van der Waals surface area contributed by atoms with Gasteiger partial charge in [0.1, 0.15) is 0 Å². The van der Waals surface area contributed by atoms with Gasteiger partial charge in [0.25, 0.3) is 0 Å². The minimum absolute atomic E-state index is 0.0951. The van der Waals surface area contributed by atoms with E-state index in [9.17, 15) is 9.59 Å². The molecule has 2 N–H and O–H groups in total. The number of hydrogen-bond acceptors (Lipinski definition) is 3. The molecule has 0 saturated heterocycles. The van der Waals surface area contributed by atoms with Crippen molar-refractivity contribution in [3.63, 3.8) is 0 Å². The first-order chi connectivity index (χ1) is 12.5. The molecule has 2 amide bonds. The molecule has 2 aromatic rings. The highest BCUT2D eigenvalue weighted by molar-refractivity contribution is 9.10. The minimum Gasteiger partial charge on any atom is -0.326 e. The van der Waals surface area contributed by atoms with Crippen molar-refractivity contribution in [2.24, 2.45) is 5.10 Å². The van der Waals surface area contributed by atoms with E-state index in [2.05, 4.69) is 43.9 Å². The van der Waals surface area contributed by atoms with E-state index in [1.165, 1.54) is 5.56 Å². The zero-order chi connectivity index (χ0) is 18.8. The first-order valence-electron chi connectivity index (χ1n) is 8.44. The lowest BCUT2D eigenvalue weighted by atomic mass is 10.1. The van der Waals surface area contributed by atoms with Crippen LogP contribution < -0.4 is 10.7 Å². The summed E-state index contributed by atoms with van der Waals surface area (Å²) >= 11 is 3.34. The quantitative estimate of drug-likeness (QED) is 0.498. The molecule has 0 fully saturated rings. The Morgan fingerprint density at radius 3 is 2.27 bits per heavy atom. The third kappa shape index (κ3) is 7.61. The van der Waals surface area contributed by atoms with Crippen LogP contribution in [0.3, 0.4) is 0 Å². The van der Waals surface area contributed by atoms with Crippen LogP contribution in [0.5, 0.6) is 0 Å². The zero-order valence-corrected chi connectivity index (χ0v) is 16.3. The van der Waals surface area contributed by atoms with Crippen LogP contribution in [-0.4, -0.2) is 17.5 Å². The average molecular weight is 416 g/mol. The number of anilines is 1. The Morgan fingerprint density at radius 2 is 1.58 bits per heavy atom. The number of carbonyl (C=O) groups is 2. The van der Waals surface area contributed by atoms with E-state index in [1.54, 1.807) is 12.1 Å². The molecule has 0 heterocycles. The molecule has 0 radical (unpaired) electrons. The van der Waals surface area contributed by atoms with Crippen molar-refractivity contribution >= 4 is 39.1 Å². The molecule has 6 heteroatoms. The van der Waals surface area contributed by atoms with Crippen LogP contribution in [0.15, 0.2) is 64.2 Å². The number of carbonyl (C=O) groups excluding carboxylic acids is 2. The van der Waals surface area contributed by atoms with Gasteiger partial charge in [-0.1, -0.05) is 46.3 Å². The summed E-state index contributed by atoms with van der Waals surface area (Å²) in [5, 5.41) is 6.84. The Balaban J connectivity index is 1.67. The number of hydrazone groups is 1. The molecular weight excluding hydrogens is 394 g/mol. The van der Waals surface area contributed by atoms with E-state index in [4.69, 9.17) is 0 Å². The summed E-state index contributed by atoms with van der Waals surface area (Å²) in [7, 11) is 0. The third-order valence-electron chi connectivity index (χ3n) is 3.70. The Kier molecular flexibility index (Phi) is 8.02. The van der Waals surface area contributed by atoms with E-state index in [0.717, 1.165) is 23.0 Å². The fraction of sp³-hybridized carbons (Fsp3) is 0.250. The van der Waals surface area contributed by atoms with E-state index >= 15 is 0 Å². The minimum atomic E-state index is -0.269. The topological polar surface area (TPSA) is 70.6 Å². The molecule has 136 valence electrons. The van der Waals surface area contributed by atoms with Crippen molar-refractivity contribution < 1.29 is 9.59 Å². The number of halogens is 1. The fourth-order valence-corrected chi connectivity index (χ4v) is 2.49. The Labute approximate surface area is 162 Å². The molecule has 5 nitrogen and oxygen atoms in total. The first-order valence-corrected chi connectivity index (χ1v) is 9.23. The second-order valence-electron chi connectivity index (χ2n) is 5.92. The van der Waals surface area contributed by atoms with Crippen molar-refractivity contribution in [3.05, 3.63) is 64.6 Å². The van der Waals surface area contributed by atoms with Gasteiger partial charge in [0.2, 0.25) is 11.8 Å². The molecule has 0 spiro atoms. The van der Waals surface area contributed by atoms with Gasteiger partial charge in [-0.05, 0) is 49.6 Å². The Hall–Kier alpha value is -2.47. The number of aryl methyl sites for hydroxylation is 1. The van der Waals surface area contributed by atoms with Crippen LogP contribution in [0.2, 0.25) is 0 Å². The van der Waals surface area contributed by atoms with Crippen LogP contribution in [0, 0.1) is 0 Å². The van der Waals surface area contributed by atoms with Crippen molar-refractivity contribution in [1.82, 2.24) is 5.43 Å². The van der Waals surface area contributed by atoms with E-state index in [1.807, 2.05) is 37.3 Å². The van der Waals surface area contributed by atoms with Crippen LogP contribution in [0.1, 0.15) is 31.7 Å². The first kappa shape index (κ1) is 19.8. The normalized spacial score (nSPS) is 11.1. The van der Waals surface area contributed by atoms with Gasteiger partial charge in [0.05, 0.1) is 0 Å². The number of amides is 2. The second-order valence-corrected chi connectivity index (χ2v) is 6.84. The zero-order valence-electron chi connectivity index (χ0n) is 14.7. The molecule has 0 aliphatic carbocycles. The molecule has 0 atom stereocenters. The smallest absolute Gasteiger partial charge is 0.240 e. The number of hydrogen-bond donors (Lipinski definition) is 2. The summed E-state index contributed by atoms with van der Waals surface area (Å²) in [6.07, 6.45) is 1.86. The average Bonchev–Trinajstić information content (AvgIpc) is 2.65. The number of nitrogens with one attached hydrogen (secondary N) is 2. The summed E-state index contributed by atoms with van der Waals surface area (Å²) in [4.78, 5) is 23.7. The molecular formula is C20H22BrN3O2. The molecule has 0 aromatic heterocycles. The highest BCUT2D eigenvalue weighted by Gasteiger charge is 2.07. The summed E-state index contributed by atoms with van der Waals surface area (Å²) in [5.41, 5.74) is 5.29. The van der Waals surface area contributed by atoms with E-state index in [-0.39, 0.29) is 24.7 Å². The third-order valence-corrected chi connectivity index (χ3v) is 4.23. The highest BCUT2D eigenvalue weighted by atomic mass is 79.9. The number of nitrogens with zero attached hydrogens (tertiary/aromatic N) is 1. The molecule has 0 aliphatic heterocycles. The SMILES string of the molecule is C/C(CCc1ccccc1)=N\NC(=O)CCC(=O)Nc1ccc(Br)cc1. The molecule has 0 aliphatic rings. The predicted molar refractivity (Wildman–Crippen MR) is 108 cm³/mol. The number of rotatable bonds is 8. The monoisotopic (exact) mass is 415 g/mol. The lowest BCUT2D eigenvalue weighted by Gasteiger charge is -2.05. The van der Waals surface area contributed by atoms with Crippen LogP contribution >= 0.6 is 15.9 Å². The molecule has 0 unspecified atom stereocenters.